The van der Waals surface area contributed by atoms with Gasteiger partial charge >= 0.3 is 11.9 Å². The fraction of sp³-hybridized carbons (Fsp3) is 0.333. The van der Waals surface area contributed by atoms with Gasteiger partial charge in [-0.25, -0.2) is 14.7 Å². The number of hydrogen-bond acceptors (Lipinski definition) is 16. The number of nitrogens with zero attached hydrogens (tertiary/aromatic N) is 2. The number of rotatable bonds is 15. The average molecular weight is 814 g/mol. The Morgan fingerprint density at radius 3 is 2.54 bits per heavy atom. The highest BCUT2D eigenvalue weighted by Gasteiger charge is 2.52. The Balaban J connectivity index is 1.21. The number of phenolic OH excluding ortho intramolecular Hbond substituents is 1. The van der Waals surface area contributed by atoms with Crippen LogP contribution in [0.1, 0.15) is 29.5 Å². The van der Waals surface area contributed by atoms with Crippen molar-refractivity contribution in [3.05, 3.63) is 111 Å². The van der Waals surface area contributed by atoms with Gasteiger partial charge in [0, 0.05) is 30.0 Å². The van der Waals surface area contributed by atoms with Crippen molar-refractivity contribution in [3.8, 4) is 22.6 Å². The monoisotopic (exact) mass is 813 g/mol. The molecule has 0 bridgehead atoms. The second-order valence-electron chi connectivity index (χ2n) is 14.3. The number of hydrogen-bond donors (Lipinski definition) is 7. The summed E-state index contributed by atoms with van der Waals surface area (Å²) in [6, 6.07) is 14.4. The van der Waals surface area contributed by atoms with Gasteiger partial charge in [-0.2, -0.15) is 0 Å². The van der Waals surface area contributed by atoms with Gasteiger partial charge in [-0.05, 0) is 86.8 Å². The highest BCUT2D eigenvalue weighted by Crippen LogP contribution is 2.40. The molecular weight excluding hydrogens is 770 g/mol. The Morgan fingerprint density at radius 1 is 1.03 bits per heavy atom. The molecule has 3 aliphatic heterocycles. The lowest BCUT2D eigenvalue weighted by molar-refractivity contribution is -0.344. The molecule has 0 saturated carbocycles. The van der Waals surface area contributed by atoms with Gasteiger partial charge in [0.1, 0.15) is 35.6 Å². The summed E-state index contributed by atoms with van der Waals surface area (Å²) in [5, 5.41) is 66.4. The fourth-order valence-corrected chi connectivity index (χ4v) is 7.22. The molecule has 17 nitrogen and oxygen atoms in total. The Hall–Kier alpha value is -5.92. The number of carboxylic acids is 1. The van der Waals surface area contributed by atoms with Crippen LogP contribution in [0.5, 0.6) is 11.5 Å². The number of allylic oxidation sites excluding steroid dienone is 1. The van der Waals surface area contributed by atoms with Gasteiger partial charge in [0.25, 0.3) is 0 Å². The predicted octanol–water partition coefficient (Wildman–Crippen LogP) is 2.14. The minimum absolute atomic E-state index is 0.0292. The highest BCUT2D eigenvalue weighted by molar-refractivity contribution is 5.98. The first-order valence-corrected chi connectivity index (χ1v) is 18.8. The average Bonchev–Trinajstić information content (AvgIpc) is 3.79. The molecule has 0 radical (unpaired) electrons. The first-order valence-electron chi connectivity index (χ1n) is 18.8. The highest BCUT2D eigenvalue weighted by atomic mass is 16.8. The van der Waals surface area contributed by atoms with Crippen LogP contribution in [0.4, 0.5) is 0 Å². The van der Waals surface area contributed by atoms with Crippen molar-refractivity contribution >= 4 is 34.8 Å². The Bertz CT molecular complexity index is 2370. The molecule has 7 rings (SSSR count). The molecular formula is C42H43N3O14. The SMILES string of the molecule is CN[C@H](C(=O)O)C(=O)O[C@H](O)[C@@H]1O[C@H](Oc2ccc3c(=O)c(-c4ccc(O)cc4)coc3c2)[C@@H](ON2CC3=CC=NC3=C2c2cc(C)cc(CCCCO)c2)[C@H](O)[C@H]1O. The molecule has 1 fully saturated rings. The number of aryl methyl sites for hydroxylation is 2. The van der Waals surface area contributed by atoms with E-state index in [1.54, 1.807) is 18.3 Å². The summed E-state index contributed by atoms with van der Waals surface area (Å²) in [6.07, 6.45) is -4.36. The van der Waals surface area contributed by atoms with E-state index in [0.717, 1.165) is 28.7 Å². The quantitative estimate of drug-likeness (QED) is 0.0393. The summed E-state index contributed by atoms with van der Waals surface area (Å²) in [5.74, 6) is -2.91. The van der Waals surface area contributed by atoms with E-state index >= 15 is 0 Å². The lowest BCUT2D eigenvalue weighted by Crippen LogP contribution is -2.64. The summed E-state index contributed by atoms with van der Waals surface area (Å²) in [7, 11) is 1.19. The summed E-state index contributed by atoms with van der Waals surface area (Å²) < 4.78 is 23.0. The van der Waals surface area contributed by atoms with Gasteiger partial charge in [0.15, 0.2) is 17.6 Å². The van der Waals surface area contributed by atoms with E-state index in [9.17, 15) is 45.0 Å². The lowest BCUT2D eigenvalue weighted by atomic mass is 9.98. The van der Waals surface area contributed by atoms with Crippen LogP contribution in [0.25, 0.3) is 27.8 Å². The molecule has 0 aliphatic carbocycles. The van der Waals surface area contributed by atoms with Gasteiger partial charge < -0.3 is 49.3 Å². The Labute approximate surface area is 336 Å². The Kier molecular flexibility index (Phi) is 12.2. The van der Waals surface area contributed by atoms with Gasteiger partial charge in [0.2, 0.25) is 18.6 Å². The zero-order valence-electron chi connectivity index (χ0n) is 31.9. The number of ether oxygens (including phenoxy) is 3. The number of carboxylic acid groups (broad SMARTS) is 1. The summed E-state index contributed by atoms with van der Waals surface area (Å²) >= 11 is 0. The smallest absolute Gasteiger partial charge is 0.337 e. The van der Waals surface area contributed by atoms with Crippen molar-refractivity contribution in [2.75, 3.05) is 20.2 Å². The van der Waals surface area contributed by atoms with Crippen molar-refractivity contribution in [1.82, 2.24) is 10.4 Å². The van der Waals surface area contributed by atoms with Crippen LogP contribution in [0.2, 0.25) is 0 Å². The second kappa shape index (κ2) is 17.5. The van der Waals surface area contributed by atoms with Crippen LogP contribution < -0.4 is 15.5 Å². The van der Waals surface area contributed by atoms with Crippen LogP contribution in [0.3, 0.4) is 0 Å². The first kappa shape index (κ1) is 41.2. The number of aliphatic carboxylic acids is 1. The lowest BCUT2D eigenvalue weighted by Gasteiger charge is -2.44. The maximum Gasteiger partial charge on any atom is 0.337 e. The van der Waals surface area contributed by atoms with Gasteiger partial charge in [-0.3, -0.25) is 19.9 Å². The third kappa shape index (κ3) is 8.62. The summed E-state index contributed by atoms with van der Waals surface area (Å²) in [4.78, 5) is 48.7. The van der Waals surface area contributed by atoms with Gasteiger partial charge in [0.05, 0.1) is 28.9 Å². The predicted molar refractivity (Wildman–Crippen MR) is 210 cm³/mol. The van der Waals surface area contributed by atoms with E-state index in [4.69, 9.17) is 23.5 Å². The van der Waals surface area contributed by atoms with Crippen molar-refractivity contribution < 1.29 is 63.7 Å². The fourth-order valence-electron chi connectivity index (χ4n) is 7.22. The number of unbranched alkanes of at least 4 members (excludes halogenated alkanes) is 1. The molecule has 1 aromatic heterocycles. The number of benzene rings is 3. The zero-order chi connectivity index (χ0) is 42.0. The number of aliphatic imine (C=N–C) groups is 1. The minimum Gasteiger partial charge on any atom is -0.508 e. The number of likely N-dealkylation sites (N-methyl/N-ethyl adjacent to an activating group) is 1. The van der Waals surface area contributed by atoms with E-state index < -0.39 is 55.0 Å². The van der Waals surface area contributed by atoms with E-state index in [-0.39, 0.29) is 46.6 Å². The standard InChI is InChI=1S/C42H43N3O14/c1-21-15-22(5-3-4-14-46)17-25(16-21)33-31-24(12-13-44-31)19-45(33)59-38-36(50)35(49)37(41(54)58-40(53)32(43-2)39(51)52)57-42(38)56-27-10-11-28-30(18-27)55-20-29(34(28)48)23-6-8-26(47)9-7-23/h6-13,15-18,20,32,35-38,41-43,46-47,49-50,54H,3-5,14,19H2,1-2H3,(H,51,52)/t32-,35-,36-,37-,38+,41+,42+/m1/s1. The second-order valence-corrected chi connectivity index (χ2v) is 14.3. The topological polar surface area (TPSA) is 250 Å². The number of aromatic hydroxyl groups is 1. The van der Waals surface area contributed by atoms with Crippen LogP contribution in [-0.2, 0) is 30.3 Å². The normalized spacial score (nSPS) is 22.3. The van der Waals surface area contributed by atoms with Crippen molar-refractivity contribution in [2.24, 2.45) is 4.99 Å². The molecule has 3 aromatic carbocycles. The first-order chi connectivity index (χ1) is 28.4. The molecule has 4 aromatic rings. The molecule has 0 unspecified atom stereocenters. The van der Waals surface area contributed by atoms with E-state index in [0.29, 0.717) is 29.8 Å². The number of aliphatic hydroxyl groups excluding tert-OH is 4. The number of carbonyl (C=O) groups is 2. The molecule has 17 heteroatoms. The van der Waals surface area contributed by atoms with Crippen LogP contribution in [0.15, 0.2) is 98.5 Å². The van der Waals surface area contributed by atoms with Crippen LogP contribution in [0, 0.1) is 6.92 Å². The number of aliphatic hydroxyl groups is 4. The van der Waals surface area contributed by atoms with Crippen molar-refractivity contribution in [3.63, 3.8) is 0 Å². The largest absolute Gasteiger partial charge is 0.508 e. The van der Waals surface area contributed by atoms with E-state index in [1.165, 1.54) is 48.7 Å². The number of nitrogens with one attached hydrogen (secondary N) is 1. The minimum atomic E-state index is -2.29. The third-order valence-electron chi connectivity index (χ3n) is 10.2. The molecule has 7 N–H and O–H groups in total. The van der Waals surface area contributed by atoms with Crippen LogP contribution in [-0.4, -0.2) is 117 Å². The summed E-state index contributed by atoms with van der Waals surface area (Å²) in [5.41, 5.74) is 5.21. The van der Waals surface area contributed by atoms with Gasteiger partial charge in [-0.1, -0.05) is 23.8 Å². The maximum atomic E-state index is 13.5. The molecule has 1 saturated heterocycles. The number of phenols is 1. The molecule has 7 atom stereocenters. The van der Waals surface area contributed by atoms with Crippen molar-refractivity contribution in [1.29, 1.82) is 0 Å². The molecule has 4 heterocycles. The van der Waals surface area contributed by atoms with E-state index in [2.05, 4.69) is 10.3 Å². The third-order valence-corrected chi connectivity index (χ3v) is 10.2. The van der Waals surface area contributed by atoms with E-state index in [1.807, 2.05) is 31.2 Å². The molecule has 0 amide bonds. The maximum absolute atomic E-state index is 13.5. The zero-order valence-corrected chi connectivity index (χ0v) is 31.9. The Morgan fingerprint density at radius 2 is 1.81 bits per heavy atom. The molecule has 310 valence electrons. The molecule has 3 aliphatic rings. The number of carbonyl (C=O) groups excluding carboxylic acids is 1. The number of esters is 1. The van der Waals surface area contributed by atoms with Crippen LogP contribution >= 0.6 is 0 Å². The molecule has 59 heavy (non-hydrogen) atoms. The summed E-state index contributed by atoms with van der Waals surface area (Å²) in [6.45, 7) is 2.19. The van der Waals surface area contributed by atoms with Crippen molar-refractivity contribution in [2.45, 2.75) is 69.2 Å². The molecule has 0 spiro atoms. The van der Waals surface area contributed by atoms with Gasteiger partial charge in [-0.15, -0.1) is 0 Å². The number of hydroxylamine groups is 2. The number of fused-ring (bicyclic) bond motifs is 2.